The van der Waals surface area contributed by atoms with Crippen LogP contribution in [0.15, 0.2) is 34.1 Å². The molecular weight excluding hydrogens is 280 g/mol. The monoisotopic (exact) mass is 300 g/mol. The molecule has 1 heterocycles. The summed E-state index contributed by atoms with van der Waals surface area (Å²) in [5.41, 5.74) is 5.63. The Bertz CT molecular complexity index is 542. The van der Waals surface area contributed by atoms with Gasteiger partial charge in [-0.2, -0.15) is 4.31 Å². The van der Waals surface area contributed by atoms with Gasteiger partial charge in [-0.25, -0.2) is 8.42 Å². The predicted octanol–water partition coefficient (Wildman–Crippen LogP) is 1.77. The van der Waals surface area contributed by atoms with E-state index in [-0.39, 0.29) is 5.41 Å². The maximum absolute atomic E-state index is 12.5. The van der Waals surface area contributed by atoms with Crippen LogP contribution < -0.4 is 5.73 Å². The molecule has 0 saturated carbocycles. The van der Waals surface area contributed by atoms with Gasteiger partial charge in [-0.1, -0.05) is 6.92 Å². The molecule has 1 atom stereocenters. The van der Waals surface area contributed by atoms with Gasteiger partial charge < -0.3 is 5.73 Å². The van der Waals surface area contributed by atoms with Crippen LogP contribution in [-0.4, -0.2) is 38.6 Å². The van der Waals surface area contributed by atoms with Gasteiger partial charge in [0.25, 0.3) is 0 Å². The van der Waals surface area contributed by atoms with Gasteiger partial charge in [-0.15, -0.1) is 11.8 Å². The largest absolute Gasteiger partial charge is 0.330 e. The molecule has 19 heavy (non-hydrogen) atoms. The Labute approximate surface area is 119 Å². The number of nitrogens with two attached hydrogens (primary N) is 1. The van der Waals surface area contributed by atoms with Crippen molar-refractivity contribution in [2.45, 2.75) is 23.1 Å². The van der Waals surface area contributed by atoms with Gasteiger partial charge in [0.05, 0.1) is 4.90 Å². The van der Waals surface area contributed by atoms with Crippen molar-refractivity contribution >= 4 is 21.8 Å². The van der Waals surface area contributed by atoms with Crippen LogP contribution in [0.1, 0.15) is 13.3 Å². The molecule has 0 aromatic heterocycles. The summed E-state index contributed by atoms with van der Waals surface area (Å²) in [6.45, 7) is 3.63. The minimum atomic E-state index is -3.38. The van der Waals surface area contributed by atoms with Gasteiger partial charge in [0.1, 0.15) is 0 Å². The smallest absolute Gasteiger partial charge is 0.243 e. The van der Waals surface area contributed by atoms with Crippen molar-refractivity contribution in [1.29, 1.82) is 0 Å². The molecule has 1 fully saturated rings. The van der Waals surface area contributed by atoms with E-state index in [2.05, 4.69) is 0 Å². The van der Waals surface area contributed by atoms with Gasteiger partial charge >= 0.3 is 0 Å². The van der Waals surface area contributed by atoms with Gasteiger partial charge in [0.2, 0.25) is 10.0 Å². The summed E-state index contributed by atoms with van der Waals surface area (Å²) in [5, 5.41) is 0. The zero-order valence-corrected chi connectivity index (χ0v) is 12.9. The van der Waals surface area contributed by atoms with Crippen LogP contribution in [-0.2, 0) is 10.0 Å². The van der Waals surface area contributed by atoms with Crippen molar-refractivity contribution in [3.8, 4) is 0 Å². The van der Waals surface area contributed by atoms with Gasteiger partial charge in [-0.05, 0) is 48.9 Å². The van der Waals surface area contributed by atoms with E-state index in [9.17, 15) is 8.42 Å². The molecule has 0 aliphatic carbocycles. The van der Waals surface area contributed by atoms with Crippen LogP contribution in [0.25, 0.3) is 0 Å². The first kappa shape index (κ1) is 14.8. The molecule has 1 aromatic rings. The fraction of sp³-hybridized carbons (Fsp3) is 0.538. The normalized spacial score (nSPS) is 24.8. The van der Waals surface area contributed by atoms with E-state index in [0.717, 1.165) is 11.3 Å². The van der Waals surface area contributed by atoms with Crippen LogP contribution in [0.5, 0.6) is 0 Å². The Kier molecular flexibility index (Phi) is 4.25. The SMILES string of the molecule is CSc1ccc(S(=O)(=O)N2CCC(C)(CN)C2)cc1. The molecule has 1 aliphatic rings. The van der Waals surface area contributed by atoms with E-state index >= 15 is 0 Å². The third kappa shape index (κ3) is 2.97. The number of hydrogen-bond donors (Lipinski definition) is 1. The highest BCUT2D eigenvalue weighted by Gasteiger charge is 2.38. The number of sulfonamides is 1. The lowest BCUT2D eigenvalue weighted by molar-refractivity contribution is 0.349. The zero-order valence-electron chi connectivity index (χ0n) is 11.3. The first-order valence-corrected chi connectivity index (χ1v) is 8.92. The molecule has 1 aliphatic heterocycles. The molecule has 1 aromatic carbocycles. The highest BCUT2D eigenvalue weighted by atomic mass is 32.2. The molecule has 0 spiro atoms. The van der Waals surface area contributed by atoms with Crippen molar-refractivity contribution in [2.75, 3.05) is 25.9 Å². The fourth-order valence-corrected chi connectivity index (χ4v) is 4.25. The third-order valence-electron chi connectivity index (χ3n) is 3.71. The van der Waals surface area contributed by atoms with E-state index < -0.39 is 10.0 Å². The van der Waals surface area contributed by atoms with Crippen molar-refractivity contribution in [2.24, 2.45) is 11.1 Å². The first-order chi connectivity index (χ1) is 8.91. The number of nitrogens with zero attached hydrogens (tertiary/aromatic N) is 1. The Morgan fingerprint density at radius 1 is 1.37 bits per heavy atom. The highest BCUT2D eigenvalue weighted by Crippen LogP contribution is 2.32. The van der Waals surface area contributed by atoms with Crippen molar-refractivity contribution in [1.82, 2.24) is 4.31 Å². The summed E-state index contributed by atoms with van der Waals surface area (Å²) in [6, 6.07) is 7.05. The summed E-state index contributed by atoms with van der Waals surface area (Å²) < 4.78 is 26.6. The Balaban J connectivity index is 2.23. The molecule has 0 bridgehead atoms. The van der Waals surface area contributed by atoms with Gasteiger partial charge in [0.15, 0.2) is 0 Å². The lowest BCUT2D eigenvalue weighted by Crippen LogP contribution is -2.34. The van der Waals surface area contributed by atoms with E-state index in [0.29, 0.717) is 24.5 Å². The quantitative estimate of drug-likeness (QED) is 0.861. The molecule has 2 N–H and O–H groups in total. The second-order valence-electron chi connectivity index (χ2n) is 5.28. The summed E-state index contributed by atoms with van der Waals surface area (Å²) in [4.78, 5) is 1.43. The number of thioether (sulfide) groups is 1. The van der Waals surface area contributed by atoms with Crippen LogP contribution in [0, 0.1) is 5.41 Å². The maximum atomic E-state index is 12.5. The summed E-state index contributed by atoms with van der Waals surface area (Å²) in [5.74, 6) is 0. The van der Waals surface area contributed by atoms with Crippen LogP contribution in [0.4, 0.5) is 0 Å². The van der Waals surface area contributed by atoms with Gasteiger partial charge in [-0.3, -0.25) is 0 Å². The van der Waals surface area contributed by atoms with Crippen molar-refractivity contribution in [3.05, 3.63) is 24.3 Å². The topological polar surface area (TPSA) is 63.4 Å². The number of benzene rings is 1. The van der Waals surface area contributed by atoms with E-state index in [1.54, 1.807) is 28.2 Å². The molecule has 2 rings (SSSR count). The first-order valence-electron chi connectivity index (χ1n) is 6.26. The van der Waals surface area contributed by atoms with Crippen LogP contribution in [0.3, 0.4) is 0 Å². The van der Waals surface area contributed by atoms with Gasteiger partial charge in [0, 0.05) is 18.0 Å². The molecule has 106 valence electrons. The average Bonchev–Trinajstić information content (AvgIpc) is 2.83. The summed E-state index contributed by atoms with van der Waals surface area (Å²) in [6.07, 6.45) is 2.79. The molecule has 0 radical (unpaired) electrons. The lowest BCUT2D eigenvalue weighted by Gasteiger charge is -2.22. The molecule has 1 saturated heterocycles. The van der Waals surface area contributed by atoms with E-state index in [1.165, 1.54) is 0 Å². The number of rotatable bonds is 4. The Morgan fingerprint density at radius 3 is 2.47 bits per heavy atom. The Hall–Kier alpha value is -0.560. The number of hydrogen-bond acceptors (Lipinski definition) is 4. The van der Waals surface area contributed by atoms with Crippen molar-refractivity contribution < 1.29 is 8.42 Å². The molecule has 6 heteroatoms. The summed E-state index contributed by atoms with van der Waals surface area (Å²) >= 11 is 1.60. The highest BCUT2D eigenvalue weighted by molar-refractivity contribution is 7.98. The second-order valence-corrected chi connectivity index (χ2v) is 8.10. The standard InChI is InChI=1S/C13H20N2O2S2/c1-13(9-14)7-8-15(10-13)19(16,17)12-5-3-11(18-2)4-6-12/h3-6H,7-10,14H2,1-2H3. The zero-order chi connectivity index (χ0) is 14.1. The van der Waals surface area contributed by atoms with Crippen LogP contribution >= 0.6 is 11.8 Å². The predicted molar refractivity (Wildman–Crippen MR) is 78.8 cm³/mol. The molecule has 1 unspecified atom stereocenters. The minimum Gasteiger partial charge on any atom is -0.330 e. The minimum absolute atomic E-state index is 0.0910. The summed E-state index contributed by atoms with van der Waals surface area (Å²) in [7, 11) is -3.38. The molecular formula is C13H20N2O2S2. The Morgan fingerprint density at radius 2 is 2.00 bits per heavy atom. The maximum Gasteiger partial charge on any atom is 0.243 e. The van der Waals surface area contributed by atoms with E-state index in [1.807, 2.05) is 25.3 Å². The average molecular weight is 300 g/mol. The lowest BCUT2D eigenvalue weighted by atomic mass is 9.90. The van der Waals surface area contributed by atoms with E-state index in [4.69, 9.17) is 5.73 Å². The molecule has 4 nitrogen and oxygen atoms in total. The van der Waals surface area contributed by atoms with Crippen LogP contribution in [0.2, 0.25) is 0 Å². The second kappa shape index (κ2) is 5.44. The third-order valence-corrected chi connectivity index (χ3v) is 6.32. The van der Waals surface area contributed by atoms with Crippen molar-refractivity contribution in [3.63, 3.8) is 0 Å². The molecule has 0 amide bonds. The fourth-order valence-electron chi connectivity index (χ4n) is 2.25.